The zero-order chi connectivity index (χ0) is 14.0. The van der Waals surface area contributed by atoms with Crippen molar-refractivity contribution in [2.45, 2.75) is 13.0 Å². The Morgan fingerprint density at radius 3 is 2.74 bits per heavy atom. The summed E-state index contributed by atoms with van der Waals surface area (Å²) in [5.74, 6) is -0.835. The minimum Gasteiger partial charge on any atom is -0.396 e. The first-order valence-electron chi connectivity index (χ1n) is 5.58. The molecule has 1 amide bonds. The van der Waals surface area contributed by atoms with Gasteiger partial charge in [0.2, 0.25) is 0 Å². The van der Waals surface area contributed by atoms with Gasteiger partial charge in [-0.25, -0.2) is 4.39 Å². The number of rotatable bonds is 3. The molecule has 3 N–H and O–H groups in total. The third-order valence-corrected chi connectivity index (χ3v) is 4.04. The molecule has 0 aliphatic rings. The van der Waals surface area contributed by atoms with Gasteiger partial charge >= 0.3 is 0 Å². The van der Waals surface area contributed by atoms with Gasteiger partial charge in [0.05, 0.1) is 16.1 Å². The summed E-state index contributed by atoms with van der Waals surface area (Å²) in [6.45, 7) is 1.85. The molecule has 0 saturated heterocycles. The Morgan fingerprint density at radius 1 is 1.42 bits per heavy atom. The molecule has 6 heteroatoms. The second-order valence-corrected chi connectivity index (χ2v) is 5.82. The summed E-state index contributed by atoms with van der Waals surface area (Å²) in [7, 11) is 0. The van der Waals surface area contributed by atoms with E-state index < -0.39 is 5.82 Å². The molecule has 2 aromatic rings. The molecule has 3 nitrogen and oxygen atoms in total. The van der Waals surface area contributed by atoms with Crippen LogP contribution in [0.15, 0.2) is 30.3 Å². The van der Waals surface area contributed by atoms with Crippen molar-refractivity contribution in [3.63, 3.8) is 0 Å². The SMILES string of the molecule is CC(NC(=O)c1ccc(F)c(N)c1)c1ccc(Cl)s1. The first kappa shape index (κ1) is 13.8. The van der Waals surface area contributed by atoms with Gasteiger partial charge in [-0.15, -0.1) is 11.3 Å². The fraction of sp³-hybridized carbons (Fsp3) is 0.154. The van der Waals surface area contributed by atoms with Crippen LogP contribution < -0.4 is 11.1 Å². The highest BCUT2D eigenvalue weighted by Gasteiger charge is 2.14. The van der Waals surface area contributed by atoms with Crippen LogP contribution in [0.1, 0.15) is 28.2 Å². The number of nitrogens with two attached hydrogens (primary N) is 1. The molecule has 0 bridgehead atoms. The van der Waals surface area contributed by atoms with Crippen molar-refractivity contribution in [3.05, 3.63) is 50.9 Å². The Balaban J connectivity index is 2.10. The molecule has 0 fully saturated rings. The summed E-state index contributed by atoms with van der Waals surface area (Å²) in [5, 5.41) is 2.81. The Kier molecular flexibility index (Phi) is 4.07. The number of carbonyl (C=O) groups is 1. The van der Waals surface area contributed by atoms with Crippen LogP contribution in [0.4, 0.5) is 10.1 Å². The van der Waals surface area contributed by atoms with E-state index in [9.17, 15) is 9.18 Å². The van der Waals surface area contributed by atoms with Crippen molar-refractivity contribution in [1.29, 1.82) is 0 Å². The molecule has 1 heterocycles. The van der Waals surface area contributed by atoms with Gasteiger partial charge in [0, 0.05) is 10.4 Å². The number of nitrogen functional groups attached to an aromatic ring is 1. The summed E-state index contributed by atoms with van der Waals surface area (Å²) in [6.07, 6.45) is 0. The lowest BCUT2D eigenvalue weighted by Crippen LogP contribution is -2.26. The predicted octanol–water partition coefficient (Wildman–Crippen LogP) is 3.61. The van der Waals surface area contributed by atoms with Gasteiger partial charge in [0.25, 0.3) is 5.91 Å². The fourth-order valence-corrected chi connectivity index (χ4v) is 2.66. The standard InChI is InChI=1S/C13H12ClFN2OS/c1-7(11-4-5-12(14)19-11)17-13(18)8-2-3-9(15)10(16)6-8/h2-7H,16H2,1H3,(H,17,18). The van der Waals surface area contributed by atoms with Crippen LogP contribution in [-0.2, 0) is 0 Å². The topological polar surface area (TPSA) is 55.1 Å². The number of anilines is 1. The van der Waals surface area contributed by atoms with Crippen LogP contribution in [0.5, 0.6) is 0 Å². The molecule has 100 valence electrons. The molecular weight excluding hydrogens is 287 g/mol. The highest BCUT2D eigenvalue weighted by Crippen LogP contribution is 2.26. The van der Waals surface area contributed by atoms with Crippen molar-refractivity contribution in [2.24, 2.45) is 0 Å². The molecule has 0 aliphatic heterocycles. The van der Waals surface area contributed by atoms with Gasteiger partial charge < -0.3 is 11.1 Å². The monoisotopic (exact) mass is 298 g/mol. The maximum Gasteiger partial charge on any atom is 0.251 e. The van der Waals surface area contributed by atoms with E-state index in [4.69, 9.17) is 17.3 Å². The Labute approximate surface area is 119 Å². The Morgan fingerprint density at radius 2 is 2.16 bits per heavy atom. The van der Waals surface area contributed by atoms with E-state index in [0.29, 0.717) is 9.90 Å². The predicted molar refractivity (Wildman–Crippen MR) is 76.0 cm³/mol. The summed E-state index contributed by atoms with van der Waals surface area (Å²) in [4.78, 5) is 12.9. The molecule has 0 spiro atoms. The van der Waals surface area contributed by atoms with Crippen LogP contribution in [0.3, 0.4) is 0 Å². The van der Waals surface area contributed by atoms with E-state index in [2.05, 4.69) is 5.32 Å². The van der Waals surface area contributed by atoms with Crippen molar-refractivity contribution < 1.29 is 9.18 Å². The van der Waals surface area contributed by atoms with Gasteiger partial charge in [0.15, 0.2) is 0 Å². The van der Waals surface area contributed by atoms with Crippen LogP contribution in [-0.4, -0.2) is 5.91 Å². The molecule has 1 unspecified atom stereocenters. The highest BCUT2D eigenvalue weighted by molar-refractivity contribution is 7.16. The van der Waals surface area contributed by atoms with Crippen molar-refractivity contribution >= 4 is 34.5 Å². The molecule has 0 radical (unpaired) electrons. The van der Waals surface area contributed by atoms with Crippen molar-refractivity contribution in [3.8, 4) is 0 Å². The summed E-state index contributed by atoms with van der Waals surface area (Å²) in [6, 6.07) is 7.36. The molecule has 1 aromatic carbocycles. The quantitative estimate of drug-likeness (QED) is 0.851. The van der Waals surface area contributed by atoms with Crippen LogP contribution in [0.25, 0.3) is 0 Å². The van der Waals surface area contributed by atoms with E-state index in [1.165, 1.54) is 29.5 Å². The van der Waals surface area contributed by atoms with E-state index in [0.717, 1.165) is 4.88 Å². The zero-order valence-corrected chi connectivity index (χ0v) is 11.7. The number of thiophene rings is 1. The Bertz CT molecular complexity index is 614. The average Bonchev–Trinajstić information content (AvgIpc) is 2.79. The molecule has 1 atom stereocenters. The van der Waals surface area contributed by atoms with Crippen LogP contribution >= 0.6 is 22.9 Å². The second-order valence-electron chi connectivity index (χ2n) is 4.07. The lowest BCUT2D eigenvalue weighted by molar-refractivity contribution is 0.0940. The highest BCUT2D eigenvalue weighted by atomic mass is 35.5. The summed E-state index contributed by atoms with van der Waals surface area (Å²) in [5.41, 5.74) is 5.72. The molecule has 1 aromatic heterocycles. The number of carbonyl (C=O) groups excluding carboxylic acids is 1. The largest absolute Gasteiger partial charge is 0.396 e. The van der Waals surface area contributed by atoms with Gasteiger partial charge in [-0.1, -0.05) is 11.6 Å². The summed E-state index contributed by atoms with van der Waals surface area (Å²) < 4.78 is 13.7. The number of halogens is 2. The first-order valence-corrected chi connectivity index (χ1v) is 6.78. The number of hydrogen-bond donors (Lipinski definition) is 2. The fourth-order valence-electron chi connectivity index (χ4n) is 1.60. The maximum absolute atomic E-state index is 13.0. The van der Waals surface area contributed by atoms with E-state index >= 15 is 0 Å². The normalized spacial score (nSPS) is 12.2. The van der Waals surface area contributed by atoms with Crippen LogP contribution in [0.2, 0.25) is 4.34 Å². The molecule has 0 aliphatic carbocycles. The lowest BCUT2D eigenvalue weighted by Gasteiger charge is -2.12. The minimum atomic E-state index is -0.533. The van der Waals surface area contributed by atoms with Gasteiger partial charge in [-0.3, -0.25) is 4.79 Å². The molecule has 2 rings (SSSR count). The van der Waals surface area contributed by atoms with E-state index in [1.807, 2.05) is 13.0 Å². The maximum atomic E-state index is 13.0. The molecule has 19 heavy (non-hydrogen) atoms. The first-order chi connectivity index (χ1) is 8.97. The van der Waals surface area contributed by atoms with E-state index in [-0.39, 0.29) is 17.6 Å². The van der Waals surface area contributed by atoms with Gasteiger partial charge in [-0.05, 0) is 37.3 Å². The van der Waals surface area contributed by atoms with Gasteiger partial charge in [-0.2, -0.15) is 0 Å². The zero-order valence-electron chi connectivity index (χ0n) is 10.1. The number of nitrogens with one attached hydrogen (secondary N) is 1. The minimum absolute atomic E-state index is 0.0422. The summed E-state index contributed by atoms with van der Waals surface area (Å²) >= 11 is 7.25. The Hall–Kier alpha value is -1.59. The average molecular weight is 299 g/mol. The number of hydrogen-bond acceptors (Lipinski definition) is 3. The smallest absolute Gasteiger partial charge is 0.251 e. The number of benzene rings is 1. The third-order valence-electron chi connectivity index (χ3n) is 2.63. The van der Waals surface area contributed by atoms with Crippen molar-refractivity contribution in [1.82, 2.24) is 5.32 Å². The van der Waals surface area contributed by atoms with Crippen molar-refractivity contribution in [2.75, 3.05) is 5.73 Å². The van der Waals surface area contributed by atoms with Crippen LogP contribution in [0, 0.1) is 5.82 Å². The molecular formula is C13H12ClFN2OS. The third kappa shape index (κ3) is 3.24. The lowest BCUT2D eigenvalue weighted by atomic mass is 10.1. The van der Waals surface area contributed by atoms with E-state index in [1.54, 1.807) is 6.07 Å². The second kappa shape index (κ2) is 5.59. The van der Waals surface area contributed by atoms with Gasteiger partial charge in [0.1, 0.15) is 5.82 Å². The number of amides is 1. The molecule has 0 saturated carbocycles.